The van der Waals surface area contributed by atoms with Crippen LogP contribution in [-0.2, 0) is 32.1 Å². The van der Waals surface area contributed by atoms with E-state index in [1.807, 2.05) is 18.2 Å². The number of carbonyl (C=O) groups is 3. The number of amides is 2. The van der Waals surface area contributed by atoms with Crippen LogP contribution in [0.3, 0.4) is 0 Å². The number of rotatable bonds is 5. The Balaban J connectivity index is 1.65. The number of hydrogen-bond acceptors (Lipinski definition) is 7. The standard InChI is InChI=1S/C23H30N2O7/c1-6-10-30-19-9-7-8-15-12-24(14-17(15)19)21(27)31-16-11-18(20(26)29-5)25(13-16)22(28)32-23(2,3)4/h6-9,16,18H,1,10-14H2,2-5H3/t16-,18+/m1/s1. The lowest BCUT2D eigenvalue weighted by Crippen LogP contribution is -2.44. The Kier molecular flexibility index (Phi) is 6.96. The summed E-state index contributed by atoms with van der Waals surface area (Å²) in [7, 11) is 1.25. The van der Waals surface area contributed by atoms with Crippen molar-refractivity contribution < 1.29 is 33.3 Å². The highest BCUT2D eigenvalue weighted by Crippen LogP contribution is 2.32. The molecule has 0 aliphatic carbocycles. The minimum Gasteiger partial charge on any atom is -0.489 e. The quantitative estimate of drug-likeness (QED) is 0.389. The first-order valence-electron chi connectivity index (χ1n) is 10.5. The second-order valence-corrected chi connectivity index (χ2v) is 8.76. The normalized spacial score (nSPS) is 19.9. The van der Waals surface area contributed by atoms with Crippen molar-refractivity contribution in [3.8, 4) is 5.75 Å². The number of ether oxygens (including phenoxy) is 4. The molecule has 174 valence electrons. The number of fused-ring (bicyclic) bond motifs is 1. The van der Waals surface area contributed by atoms with Gasteiger partial charge in [0, 0.05) is 18.5 Å². The summed E-state index contributed by atoms with van der Waals surface area (Å²) in [6.45, 7) is 10.0. The third kappa shape index (κ3) is 5.33. The number of esters is 1. The van der Waals surface area contributed by atoms with Gasteiger partial charge in [-0.25, -0.2) is 14.4 Å². The second kappa shape index (κ2) is 9.50. The highest BCUT2D eigenvalue weighted by Gasteiger charge is 2.44. The number of benzene rings is 1. The Bertz CT molecular complexity index is 893. The van der Waals surface area contributed by atoms with Crippen LogP contribution in [0.25, 0.3) is 0 Å². The van der Waals surface area contributed by atoms with Gasteiger partial charge in [-0.05, 0) is 32.4 Å². The molecular formula is C23H30N2O7. The molecule has 2 aliphatic rings. The molecule has 9 heteroatoms. The molecule has 0 N–H and O–H groups in total. The van der Waals surface area contributed by atoms with Gasteiger partial charge in [0.2, 0.25) is 0 Å². The fraction of sp³-hybridized carbons (Fsp3) is 0.522. The van der Waals surface area contributed by atoms with Crippen molar-refractivity contribution in [3.63, 3.8) is 0 Å². The van der Waals surface area contributed by atoms with Crippen LogP contribution < -0.4 is 4.74 Å². The van der Waals surface area contributed by atoms with E-state index in [1.165, 1.54) is 12.0 Å². The number of nitrogens with zero attached hydrogens (tertiary/aromatic N) is 2. The molecule has 3 rings (SSSR count). The predicted molar refractivity (Wildman–Crippen MR) is 115 cm³/mol. The van der Waals surface area contributed by atoms with Crippen molar-refractivity contribution in [2.75, 3.05) is 20.3 Å². The minimum absolute atomic E-state index is 0.0505. The lowest BCUT2D eigenvalue weighted by Gasteiger charge is -2.27. The molecule has 2 heterocycles. The molecule has 0 aromatic heterocycles. The summed E-state index contributed by atoms with van der Waals surface area (Å²) in [4.78, 5) is 40.5. The van der Waals surface area contributed by atoms with E-state index in [0.29, 0.717) is 25.4 Å². The van der Waals surface area contributed by atoms with Crippen molar-refractivity contribution in [1.82, 2.24) is 9.80 Å². The molecule has 9 nitrogen and oxygen atoms in total. The van der Waals surface area contributed by atoms with Gasteiger partial charge in [0.1, 0.15) is 30.1 Å². The molecule has 2 amide bonds. The number of hydrogen-bond donors (Lipinski definition) is 0. The van der Waals surface area contributed by atoms with E-state index in [9.17, 15) is 14.4 Å². The van der Waals surface area contributed by atoms with Crippen molar-refractivity contribution in [1.29, 1.82) is 0 Å². The number of likely N-dealkylation sites (tertiary alicyclic amines) is 1. The largest absolute Gasteiger partial charge is 0.489 e. The van der Waals surface area contributed by atoms with Gasteiger partial charge in [-0.1, -0.05) is 24.8 Å². The molecule has 0 saturated carbocycles. The van der Waals surface area contributed by atoms with Crippen molar-refractivity contribution >= 4 is 18.2 Å². The average Bonchev–Trinajstić information content (AvgIpc) is 3.35. The molecular weight excluding hydrogens is 416 g/mol. The summed E-state index contributed by atoms with van der Waals surface area (Å²) in [6, 6.07) is 4.80. The summed E-state index contributed by atoms with van der Waals surface area (Å²) < 4.78 is 21.6. The second-order valence-electron chi connectivity index (χ2n) is 8.76. The molecule has 1 aromatic rings. The fourth-order valence-corrected chi connectivity index (χ4v) is 3.79. The molecule has 2 aliphatic heterocycles. The van der Waals surface area contributed by atoms with E-state index in [0.717, 1.165) is 11.1 Å². The predicted octanol–water partition coefficient (Wildman–Crippen LogP) is 3.25. The minimum atomic E-state index is -0.873. The Morgan fingerprint density at radius 3 is 2.59 bits per heavy atom. The summed E-state index contributed by atoms with van der Waals surface area (Å²) >= 11 is 0. The molecule has 1 aromatic carbocycles. The third-order valence-electron chi connectivity index (χ3n) is 5.19. The van der Waals surface area contributed by atoms with Gasteiger partial charge >= 0.3 is 18.2 Å². The van der Waals surface area contributed by atoms with E-state index in [4.69, 9.17) is 18.9 Å². The molecule has 2 atom stereocenters. The maximum atomic E-state index is 12.8. The first kappa shape index (κ1) is 23.4. The maximum Gasteiger partial charge on any atom is 0.411 e. The maximum absolute atomic E-state index is 12.8. The van der Waals surface area contributed by atoms with Crippen molar-refractivity contribution in [2.24, 2.45) is 0 Å². The van der Waals surface area contributed by atoms with Crippen LogP contribution in [0.1, 0.15) is 38.3 Å². The van der Waals surface area contributed by atoms with Gasteiger partial charge in [-0.3, -0.25) is 9.80 Å². The monoisotopic (exact) mass is 446 g/mol. The van der Waals surface area contributed by atoms with Crippen LogP contribution in [-0.4, -0.2) is 66.0 Å². The van der Waals surface area contributed by atoms with Crippen LogP contribution >= 0.6 is 0 Å². The number of methoxy groups -OCH3 is 1. The Morgan fingerprint density at radius 1 is 1.19 bits per heavy atom. The zero-order chi connectivity index (χ0) is 23.5. The molecule has 1 fully saturated rings. The molecule has 1 saturated heterocycles. The summed E-state index contributed by atoms with van der Waals surface area (Å²) in [5, 5.41) is 0. The van der Waals surface area contributed by atoms with Crippen LogP contribution in [0.5, 0.6) is 5.75 Å². The zero-order valence-corrected chi connectivity index (χ0v) is 19.0. The highest BCUT2D eigenvalue weighted by molar-refractivity contribution is 5.82. The van der Waals surface area contributed by atoms with E-state index in [1.54, 1.807) is 31.7 Å². The summed E-state index contributed by atoms with van der Waals surface area (Å²) in [5.41, 5.74) is 1.19. The van der Waals surface area contributed by atoms with Gasteiger partial charge in [0.05, 0.1) is 20.2 Å². The molecule has 32 heavy (non-hydrogen) atoms. The molecule has 0 bridgehead atoms. The topological polar surface area (TPSA) is 94.6 Å². The number of carbonyl (C=O) groups excluding carboxylic acids is 3. The van der Waals surface area contributed by atoms with Gasteiger partial charge < -0.3 is 18.9 Å². The van der Waals surface area contributed by atoms with E-state index in [2.05, 4.69) is 6.58 Å². The first-order chi connectivity index (χ1) is 15.1. The van der Waals surface area contributed by atoms with E-state index in [-0.39, 0.29) is 13.0 Å². The third-order valence-corrected chi connectivity index (χ3v) is 5.19. The van der Waals surface area contributed by atoms with Gasteiger partial charge in [-0.15, -0.1) is 0 Å². The van der Waals surface area contributed by atoms with E-state index >= 15 is 0 Å². The van der Waals surface area contributed by atoms with Crippen LogP contribution in [0.4, 0.5) is 9.59 Å². The Labute approximate surface area is 187 Å². The molecule has 0 spiro atoms. The van der Waals surface area contributed by atoms with Crippen molar-refractivity contribution in [3.05, 3.63) is 42.0 Å². The smallest absolute Gasteiger partial charge is 0.411 e. The highest BCUT2D eigenvalue weighted by atomic mass is 16.6. The zero-order valence-electron chi connectivity index (χ0n) is 19.0. The lowest BCUT2D eigenvalue weighted by atomic mass is 10.1. The SMILES string of the molecule is C=CCOc1cccc2c1CN(C(=O)O[C@@H]1C[C@@H](C(=O)OC)N(C(=O)OC(C)(C)C)C1)C2. The molecule has 0 unspecified atom stereocenters. The van der Waals surface area contributed by atoms with Crippen LogP contribution in [0.2, 0.25) is 0 Å². The van der Waals surface area contributed by atoms with Crippen LogP contribution in [0.15, 0.2) is 30.9 Å². The first-order valence-corrected chi connectivity index (χ1v) is 10.5. The van der Waals surface area contributed by atoms with Gasteiger partial charge in [0.15, 0.2) is 0 Å². The average molecular weight is 447 g/mol. The summed E-state index contributed by atoms with van der Waals surface area (Å²) in [5.74, 6) is 0.132. The Hall–Kier alpha value is -3.23. The van der Waals surface area contributed by atoms with E-state index < -0.39 is 35.9 Å². The van der Waals surface area contributed by atoms with Gasteiger partial charge in [-0.2, -0.15) is 0 Å². The lowest BCUT2D eigenvalue weighted by molar-refractivity contribution is -0.145. The Morgan fingerprint density at radius 2 is 1.94 bits per heavy atom. The fourth-order valence-electron chi connectivity index (χ4n) is 3.79. The van der Waals surface area contributed by atoms with Gasteiger partial charge in [0.25, 0.3) is 0 Å². The molecule has 0 radical (unpaired) electrons. The van der Waals surface area contributed by atoms with Crippen molar-refractivity contribution in [2.45, 2.75) is 58.0 Å². The van der Waals surface area contributed by atoms with Crippen LogP contribution in [0, 0.1) is 0 Å². The summed E-state index contributed by atoms with van der Waals surface area (Å²) in [6.07, 6.45) is -0.0142.